The Hall–Kier alpha value is -2.91. The van der Waals surface area contributed by atoms with Crippen LogP contribution in [0.15, 0.2) is 78.9 Å². The normalized spacial score (nSPS) is 17.0. The number of hydrogen-bond acceptors (Lipinski definition) is 2. The summed E-state index contributed by atoms with van der Waals surface area (Å²) in [5.74, 6) is -0.111. The molecular weight excluding hydrogens is 380 g/mol. The second kappa shape index (κ2) is 9.07. The molecule has 0 aliphatic carbocycles. The number of carbonyl (C=O) groups excluding carboxylic acids is 1. The van der Waals surface area contributed by atoms with Crippen molar-refractivity contribution >= 4 is 5.91 Å². The highest BCUT2D eigenvalue weighted by atomic mass is 16.1. The van der Waals surface area contributed by atoms with Gasteiger partial charge in [-0.05, 0) is 67.0 Å². The Morgan fingerprint density at radius 3 is 2.10 bits per heavy atom. The first-order chi connectivity index (χ1) is 15.0. The van der Waals surface area contributed by atoms with Gasteiger partial charge in [0.2, 0.25) is 5.91 Å². The molecule has 1 saturated heterocycles. The fourth-order valence-corrected chi connectivity index (χ4v) is 5.16. The highest BCUT2D eigenvalue weighted by Gasteiger charge is 2.49. The predicted octanol–water partition coefficient (Wildman–Crippen LogP) is 4.64. The molecule has 0 radical (unpaired) electrons. The second-order valence-electron chi connectivity index (χ2n) is 8.86. The van der Waals surface area contributed by atoms with Crippen LogP contribution >= 0.6 is 0 Å². The molecule has 160 valence electrons. The minimum Gasteiger partial charge on any atom is -0.369 e. The Kier molecular flexibility index (Phi) is 6.24. The van der Waals surface area contributed by atoms with Gasteiger partial charge in [0, 0.05) is 13.1 Å². The van der Waals surface area contributed by atoms with E-state index in [1.165, 1.54) is 16.7 Å². The SMILES string of the molecule is Cc1ccc(CCN2CC[C@H](C(C(N)=O)(c3ccccc3)c3ccccc3)C2)cc1C. The lowest BCUT2D eigenvalue weighted by Gasteiger charge is -2.37. The van der Waals surface area contributed by atoms with Crippen molar-refractivity contribution in [3.05, 3.63) is 107 Å². The third-order valence-electron chi connectivity index (χ3n) is 7.02. The van der Waals surface area contributed by atoms with Crippen molar-refractivity contribution in [3.63, 3.8) is 0 Å². The van der Waals surface area contributed by atoms with Crippen LogP contribution in [0.4, 0.5) is 0 Å². The van der Waals surface area contributed by atoms with Crippen molar-refractivity contribution in [1.29, 1.82) is 0 Å². The maximum absolute atomic E-state index is 13.2. The molecule has 1 amide bonds. The lowest BCUT2D eigenvalue weighted by Crippen LogP contribution is -2.49. The molecular formula is C28H32N2O. The van der Waals surface area contributed by atoms with Gasteiger partial charge in [0.25, 0.3) is 0 Å². The molecule has 1 atom stereocenters. The van der Waals surface area contributed by atoms with E-state index in [-0.39, 0.29) is 11.8 Å². The number of amides is 1. The fourth-order valence-electron chi connectivity index (χ4n) is 5.16. The molecule has 3 nitrogen and oxygen atoms in total. The Bertz CT molecular complexity index is 990. The maximum Gasteiger partial charge on any atom is 0.232 e. The van der Waals surface area contributed by atoms with Crippen LogP contribution in [-0.4, -0.2) is 30.4 Å². The van der Waals surface area contributed by atoms with E-state index in [0.717, 1.165) is 43.6 Å². The first-order valence-electron chi connectivity index (χ1n) is 11.2. The number of carbonyl (C=O) groups is 1. The summed E-state index contributed by atoms with van der Waals surface area (Å²) in [6.45, 7) is 7.19. The summed E-state index contributed by atoms with van der Waals surface area (Å²) < 4.78 is 0. The standard InChI is InChI=1S/C28H32N2O/c1-21-13-14-23(19-22(21)2)15-17-30-18-16-26(20-30)28(27(29)31,24-9-5-3-6-10-24)25-11-7-4-8-12-25/h3-14,19,26H,15-18,20H2,1-2H3,(H2,29,31)/t26-/m0/s1. The van der Waals surface area contributed by atoms with E-state index in [9.17, 15) is 4.79 Å². The van der Waals surface area contributed by atoms with E-state index in [2.05, 4.69) is 61.2 Å². The first kappa shape index (κ1) is 21.3. The quantitative estimate of drug-likeness (QED) is 0.614. The molecule has 1 aliphatic heterocycles. The number of nitrogens with zero attached hydrogens (tertiary/aromatic N) is 1. The highest BCUT2D eigenvalue weighted by Crippen LogP contribution is 2.43. The van der Waals surface area contributed by atoms with Crippen molar-refractivity contribution in [2.45, 2.75) is 32.1 Å². The van der Waals surface area contributed by atoms with Crippen LogP contribution in [0.5, 0.6) is 0 Å². The third-order valence-corrected chi connectivity index (χ3v) is 7.02. The number of rotatable bonds is 7. The number of primary amides is 1. The fraction of sp³-hybridized carbons (Fsp3) is 0.321. The molecule has 4 rings (SSSR count). The molecule has 1 heterocycles. The topological polar surface area (TPSA) is 46.3 Å². The Labute approximate surface area is 185 Å². The van der Waals surface area contributed by atoms with E-state index in [1.54, 1.807) is 0 Å². The first-order valence-corrected chi connectivity index (χ1v) is 11.2. The number of likely N-dealkylation sites (tertiary alicyclic amines) is 1. The molecule has 0 saturated carbocycles. The molecule has 1 aliphatic rings. The summed E-state index contributed by atoms with van der Waals surface area (Å²) in [6.07, 6.45) is 1.98. The summed E-state index contributed by atoms with van der Waals surface area (Å²) in [6, 6.07) is 26.9. The number of hydrogen-bond donors (Lipinski definition) is 1. The number of aryl methyl sites for hydroxylation is 2. The minimum atomic E-state index is -0.808. The van der Waals surface area contributed by atoms with Crippen LogP contribution in [-0.2, 0) is 16.6 Å². The van der Waals surface area contributed by atoms with Gasteiger partial charge in [-0.15, -0.1) is 0 Å². The molecule has 0 bridgehead atoms. The molecule has 31 heavy (non-hydrogen) atoms. The van der Waals surface area contributed by atoms with Gasteiger partial charge in [0.15, 0.2) is 0 Å². The molecule has 3 heteroatoms. The zero-order chi connectivity index (χ0) is 21.8. The van der Waals surface area contributed by atoms with Gasteiger partial charge in [0.05, 0.1) is 0 Å². The van der Waals surface area contributed by atoms with E-state index in [0.29, 0.717) is 0 Å². The van der Waals surface area contributed by atoms with Crippen molar-refractivity contribution in [2.75, 3.05) is 19.6 Å². The van der Waals surface area contributed by atoms with Crippen LogP contribution < -0.4 is 5.73 Å². The average molecular weight is 413 g/mol. The lowest BCUT2D eigenvalue weighted by atomic mass is 9.64. The summed E-state index contributed by atoms with van der Waals surface area (Å²) in [4.78, 5) is 15.7. The van der Waals surface area contributed by atoms with Crippen LogP contribution in [0.25, 0.3) is 0 Å². The van der Waals surface area contributed by atoms with Crippen molar-refractivity contribution < 1.29 is 4.79 Å². The molecule has 0 unspecified atom stereocenters. The molecule has 2 N–H and O–H groups in total. The van der Waals surface area contributed by atoms with Crippen LogP contribution in [0, 0.1) is 19.8 Å². The van der Waals surface area contributed by atoms with Gasteiger partial charge in [-0.3, -0.25) is 4.79 Å². The Morgan fingerprint density at radius 1 is 0.935 bits per heavy atom. The largest absolute Gasteiger partial charge is 0.369 e. The molecule has 0 aromatic heterocycles. The van der Waals surface area contributed by atoms with E-state index in [1.807, 2.05) is 36.4 Å². The third kappa shape index (κ3) is 4.15. The van der Waals surface area contributed by atoms with Crippen molar-refractivity contribution in [3.8, 4) is 0 Å². The average Bonchev–Trinajstić information content (AvgIpc) is 3.25. The minimum absolute atomic E-state index is 0.148. The summed E-state index contributed by atoms with van der Waals surface area (Å²) in [7, 11) is 0. The second-order valence-corrected chi connectivity index (χ2v) is 8.86. The number of nitrogens with two attached hydrogens (primary N) is 1. The summed E-state index contributed by atoms with van der Waals surface area (Å²) in [5.41, 5.74) is 11.4. The molecule has 1 fully saturated rings. The lowest BCUT2D eigenvalue weighted by molar-refractivity contribution is -0.123. The smallest absolute Gasteiger partial charge is 0.232 e. The summed E-state index contributed by atoms with van der Waals surface area (Å²) in [5, 5.41) is 0. The van der Waals surface area contributed by atoms with Crippen molar-refractivity contribution in [1.82, 2.24) is 4.90 Å². The Balaban J connectivity index is 1.60. The van der Waals surface area contributed by atoms with Crippen molar-refractivity contribution in [2.24, 2.45) is 11.7 Å². The maximum atomic E-state index is 13.2. The van der Waals surface area contributed by atoms with Crippen LogP contribution in [0.2, 0.25) is 0 Å². The highest BCUT2D eigenvalue weighted by molar-refractivity contribution is 5.91. The summed E-state index contributed by atoms with van der Waals surface area (Å²) >= 11 is 0. The van der Waals surface area contributed by atoms with Crippen LogP contribution in [0.1, 0.15) is 34.2 Å². The predicted molar refractivity (Wildman–Crippen MR) is 127 cm³/mol. The zero-order valence-corrected chi connectivity index (χ0v) is 18.6. The van der Waals surface area contributed by atoms with Crippen LogP contribution in [0.3, 0.4) is 0 Å². The zero-order valence-electron chi connectivity index (χ0n) is 18.6. The van der Waals surface area contributed by atoms with E-state index >= 15 is 0 Å². The van der Waals surface area contributed by atoms with Gasteiger partial charge in [0.1, 0.15) is 5.41 Å². The monoisotopic (exact) mass is 412 g/mol. The van der Waals surface area contributed by atoms with Gasteiger partial charge < -0.3 is 10.6 Å². The van der Waals surface area contributed by atoms with Gasteiger partial charge in [-0.25, -0.2) is 0 Å². The molecule has 3 aromatic rings. The van der Waals surface area contributed by atoms with Gasteiger partial charge in [-0.2, -0.15) is 0 Å². The van der Waals surface area contributed by atoms with E-state index < -0.39 is 5.41 Å². The number of benzene rings is 3. The van der Waals surface area contributed by atoms with E-state index in [4.69, 9.17) is 5.73 Å². The molecule has 3 aromatic carbocycles. The Morgan fingerprint density at radius 2 is 1.55 bits per heavy atom. The van der Waals surface area contributed by atoms with Gasteiger partial charge >= 0.3 is 0 Å². The molecule has 0 spiro atoms. The van der Waals surface area contributed by atoms with Gasteiger partial charge in [-0.1, -0.05) is 78.9 Å².